The van der Waals surface area contributed by atoms with Gasteiger partial charge in [0.15, 0.2) is 0 Å². The van der Waals surface area contributed by atoms with Crippen molar-refractivity contribution in [2.45, 2.75) is 6.92 Å². The van der Waals surface area contributed by atoms with Crippen molar-refractivity contribution in [3.05, 3.63) is 57.8 Å². The Balaban J connectivity index is 2.11. The van der Waals surface area contributed by atoms with E-state index in [0.717, 1.165) is 5.56 Å². The van der Waals surface area contributed by atoms with Gasteiger partial charge in [0.2, 0.25) is 0 Å². The van der Waals surface area contributed by atoms with Crippen molar-refractivity contribution in [1.29, 1.82) is 0 Å². The van der Waals surface area contributed by atoms with Crippen LogP contribution in [0.25, 0.3) is 0 Å². The van der Waals surface area contributed by atoms with Crippen molar-refractivity contribution < 1.29 is 9.18 Å². The molecule has 0 aliphatic rings. The van der Waals surface area contributed by atoms with Crippen LogP contribution >= 0.6 is 23.2 Å². The van der Waals surface area contributed by atoms with Crippen LogP contribution < -0.4 is 10.6 Å². The first-order chi connectivity index (χ1) is 9.45. The first kappa shape index (κ1) is 14.6. The molecule has 0 aromatic heterocycles. The van der Waals surface area contributed by atoms with Gasteiger partial charge in [0.1, 0.15) is 5.82 Å². The minimum absolute atomic E-state index is 0.323. The lowest BCUT2D eigenvalue weighted by Gasteiger charge is -2.11. The lowest BCUT2D eigenvalue weighted by Crippen LogP contribution is -2.20. The zero-order chi connectivity index (χ0) is 14.7. The van der Waals surface area contributed by atoms with E-state index in [9.17, 15) is 9.18 Å². The Morgan fingerprint density at radius 2 is 1.75 bits per heavy atom. The van der Waals surface area contributed by atoms with E-state index in [2.05, 4.69) is 10.6 Å². The summed E-state index contributed by atoms with van der Waals surface area (Å²) in [5.41, 5.74) is 1.57. The van der Waals surface area contributed by atoms with Gasteiger partial charge in [-0.2, -0.15) is 0 Å². The van der Waals surface area contributed by atoms with Crippen LogP contribution in [0.2, 0.25) is 10.0 Å². The molecule has 2 aromatic rings. The SMILES string of the molecule is Cc1ccc(F)cc1NC(=O)Nc1ccc(Cl)cc1Cl. The van der Waals surface area contributed by atoms with Gasteiger partial charge >= 0.3 is 6.03 Å². The maximum atomic E-state index is 13.1. The minimum atomic E-state index is -0.511. The van der Waals surface area contributed by atoms with Crippen LogP contribution in [0.3, 0.4) is 0 Å². The molecule has 0 saturated carbocycles. The second kappa shape index (κ2) is 6.11. The highest BCUT2D eigenvalue weighted by Crippen LogP contribution is 2.25. The van der Waals surface area contributed by atoms with Crippen molar-refractivity contribution >= 4 is 40.6 Å². The number of halogens is 3. The highest BCUT2D eigenvalue weighted by atomic mass is 35.5. The van der Waals surface area contributed by atoms with Crippen LogP contribution in [0.15, 0.2) is 36.4 Å². The fourth-order valence-electron chi connectivity index (χ4n) is 1.60. The maximum absolute atomic E-state index is 13.1. The van der Waals surface area contributed by atoms with Crippen LogP contribution in [0.5, 0.6) is 0 Å². The van der Waals surface area contributed by atoms with E-state index in [4.69, 9.17) is 23.2 Å². The minimum Gasteiger partial charge on any atom is -0.307 e. The number of amides is 2. The van der Waals surface area contributed by atoms with Crippen molar-refractivity contribution in [2.75, 3.05) is 10.6 Å². The van der Waals surface area contributed by atoms with E-state index < -0.39 is 11.8 Å². The average Bonchev–Trinajstić information content (AvgIpc) is 2.37. The fourth-order valence-corrected chi connectivity index (χ4v) is 2.05. The highest BCUT2D eigenvalue weighted by Gasteiger charge is 2.08. The number of carbonyl (C=O) groups is 1. The van der Waals surface area contributed by atoms with Gasteiger partial charge in [0.25, 0.3) is 0 Å². The van der Waals surface area contributed by atoms with Gasteiger partial charge in [-0.15, -0.1) is 0 Å². The summed E-state index contributed by atoms with van der Waals surface area (Å²) in [7, 11) is 0. The molecule has 2 rings (SSSR count). The number of hydrogen-bond acceptors (Lipinski definition) is 1. The second-order valence-electron chi connectivity index (χ2n) is 4.16. The summed E-state index contributed by atoms with van der Waals surface area (Å²) in [6.45, 7) is 1.77. The molecule has 3 nitrogen and oxygen atoms in total. The molecular weight excluding hydrogens is 302 g/mol. The second-order valence-corrected chi connectivity index (χ2v) is 5.01. The largest absolute Gasteiger partial charge is 0.323 e. The van der Waals surface area contributed by atoms with E-state index >= 15 is 0 Å². The Kier molecular flexibility index (Phi) is 4.47. The van der Waals surface area contributed by atoms with E-state index in [-0.39, 0.29) is 0 Å². The molecule has 2 N–H and O–H groups in total. The highest BCUT2D eigenvalue weighted by molar-refractivity contribution is 6.36. The molecule has 0 saturated heterocycles. The van der Waals surface area contributed by atoms with Gasteiger partial charge in [-0.1, -0.05) is 29.3 Å². The standard InChI is InChI=1S/C14H11Cl2FN2O/c1-8-2-4-10(17)7-13(8)19-14(20)18-12-5-3-9(15)6-11(12)16/h2-7H,1H3,(H2,18,19,20). The quantitative estimate of drug-likeness (QED) is 0.797. The number of rotatable bonds is 2. The summed E-state index contributed by atoms with van der Waals surface area (Å²) >= 11 is 11.7. The van der Waals surface area contributed by atoms with Gasteiger partial charge in [-0.05, 0) is 42.8 Å². The molecule has 2 amide bonds. The molecule has 0 radical (unpaired) electrons. The first-order valence-corrected chi connectivity index (χ1v) is 6.50. The van der Waals surface area contributed by atoms with Gasteiger partial charge in [0, 0.05) is 10.7 Å². The van der Waals surface area contributed by atoms with Gasteiger partial charge in [0.05, 0.1) is 10.7 Å². The summed E-state index contributed by atoms with van der Waals surface area (Å²) in [5.74, 6) is -0.421. The molecule has 0 aliphatic carbocycles. The van der Waals surface area contributed by atoms with Crippen LogP contribution in [-0.4, -0.2) is 6.03 Å². The molecule has 104 valence electrons. The Morgan fingerprint density at radius 1 is 1.05 bits per heavy atom. The van der Waals surface area contributed by atoms with Gasteiger partial charge in [-0.25, -0.2) is 9.18 Å². The lowest BCUT2D eigenvalue weighted by molar-refractivity contribution is 0.262. The number of anilines is 2. The zero-order valence-electron chi connectivity index (χ0n) is 10.5. The zero-order valence-corrected chi connectivity index (χ0v) is 12.0. The Bertz CT molecular complexity index is 662. The average molecular weight is 313 g/mol. The molecule has 0 bridgehead atoms. The summed E-state index contributed by atoms with van der Waals surface area (Å²) in [6.07, 6.45) is 0. The first-order valence-electron chi connectivity index (χ1n) is 5.75. The molecule has 0 heterocycles. The number of carbonyl (C=O) groups excluding carboxylic acids is 1. The third-order valence-electron chi connectivity index (χ3n) is 2.63. The summed E-state index contributed by atoms with van der Waals surface area (Å²) in [5, 5.41) is 5.93. The van der Waals surface area contributed by atoms with Gasteiger partial charge < -0.3 is 10.6 Å². The van der Waals surface area contributed by atoms with Crippen molar-refractivity contribution in [3.63, 3.8) is 0 Å². The molecular formula is C14H11Cl2FN2O. The fraction of sp³-hybridized carbons (Fsp3) is 0.0714. The Labute approximate surface area is 125 Å². The van der Waals surface area contributed by atoms with Crippen LogP contribution in [0, 0.1) is 12.7 Å². The summed E-state index contributed by atoms with van der Waals surface area (Å²) in [4.78, 5) is 11.8. The lowest BCUT2D eigenvalue weighted by atomic mass is 10.2. The van der Waals surface area contributed by atoms with E-state index in [0.29, 0.717) is 21.4 Å². The number of aryl methyl sites for hydroxylation is 1. The predicted octanol–water partition coefficient (Wildman–Crippen LogP) is 5.08. The third-order valence-corrected chi connectivity index (χ3v) is 3.17. The maximum Gasteiger partial charge on any atom is 0.323 e. The van der Waals surface area contributed by atoms with Crippen LogP contribution in [0.4, 0.5) is 20.6 Å². The number of hydrogen-bond donors (Lipinski definition) is 2. The monoisotopic (exact) mass is 312 g/mol. The molecule has 0 unspecified atom stereocenters. The number of urea groups is 1. The summed E-state index contributed by atoms with van der Waals surface area (Å²) < 4.78 is 13.1. The van der Waals surface area contributed by atoms with Gasteiger partial charge in [-0.3, -0.25) is 0 Å². The predicted molar refractivity (Wildman–Crippen MR) is 80.2 cm³/mol. The van der Waals surface area contributed by atoms with E-state index in [1.807, 2.05) is 0 Å². The molecule has 0 atom stereocenters. The van der Waals surface area contributed by atoms with E-state index in [1.54, 1.807) is 25.1 Å². The molecule has 0 aliphatic heterocycles. The van der Waals surface area contributed by atoms with Crippen LogP contribution in [-0.2, 0) is 0 Å². The molecule has 0 spiro atoms. The number of nitrogens with one attached hydrogen (secondary N) is 2. The number of benzene rings is 2. The van der Waals surface area contributed by atoms with Crippen LogP contribution in [0.1, 0.15) is 5.56 Å². The Hall–Kier alpha value is -1.78. The molecule has 6 heteroatoms. The third kappa shape index (κ3) is 3.62. The van der Waals surface area contributed by atoms with Crippen molar-refractivity contribution in [3.8, 4) is 0 Å². The molecule has 20 heavy (non-hydrogen) atoms. The van der Waals surface area contributed by atoms with E-state index in [1.165, 1.54) is 18.2 Å². The molecule has 0 fully saturated rings. The van der Waals surface area contributed by atoms with Crippen molar-refractivity contribution in [1.82, 2.24) is 0 Å². The summed E-state index contributed by atoms with van der Waals surface area (Å²) in [6, 6.07) is 8.36. The Morgan fingerprint density at radius 3 is 2.45 bits per heavy atom. The molecule has 2 aromatic carbocycles. The normalized spacial score (nSPS) is 10.2. The smallest absolute Gasteiger partial charge is 0.307 e. The topological polar surface area (TPSA) is 41.1 Å². The van der Waals surface area contributed by atoms with Crippen molar-refractivity contribution in [2.24, 2.45) is 0 Å².